The molecule has 1 fully saturated rings. The summed E-state index contributed by atoms with van der Waals surface area (Å²) in [5.41, 5.74) is 3.24. The first kappa shape index (κ1) is 22.9. The Bertz CT molecular complexity index is 1100. The average Bonchev–Trinajstić information content (AvgIpc) is 3.24. The van der Waals surface area contributed by atoms with Gasteiger partial charge in [-0.15, -0.1) is 6.58 Å². The van der Waals surface area contributed by atoms with Crippen molar-refractivity contribution >= 4 is 5.91 Å². The van der Waals surface area contributed by atoms with Crippen molar-refractivity contribution < 1.29 is 9.18 Å². The molecule has 1 aliphatic rings. The molecule has 2 aromatic carbocycles. The number of halogens is 1. The zero-order valence-corrected chi connectivity index (χ0v) is 19.1. The fourth-order valence-electron chi connectivity index (χ4n) is 4.68. The summed E-state index contributed by atoms with van der Waals surface area (Å²) in [6.07, 6.45) is 7.88. The third-order valence-corrected chi connectivity index (χ3v) is 6.55. The number of carbonyl (C=O) groups is 1. The summed E-state index contributed by atoms with van der Waals surface area (Å²) in [6, 6.07) is 14.7. The van der Waals surface area contributed by atoms with Crippen molar-refractivity contribution in [2.24, 2.45) is 12.5 Å². The van der Waals surface area contributed by atoms with E-state index in [0.29, 0.717) is 18.5 Å². The quantitative estimate of drug-likeness (QED) is 0.524. The minimum absolute atomic E-state index is 0.0848. The molecular weight excluding hydrogens is 415 g/mol. The van der Waals surface area contributed by atoms with Crippen LogP contribution in [0.2, 0.25) is 0 Å². The van der Waals surface area contributed by atoms with E-state index in [9.17, 15) is 9.18 Å². The van der Waals surface area contributed by atoms with E-state index < -0.39 is 5.41 Å². The lowest BCUT2D eigenvalue weighted by atomic mass is 9.72. The zero-order valence-electron chi connectivity index (χ0n) is 19.1. The highest BCUT2D eigenvalue weighted by Gasteiger charge is 2.41. The molecule has 0 aliphatic carbocycles. The summed E-state index contributed by atoms with van der Waals surface area (Å²) in [7, 11) is 1.92. The summed E-state index contributed by atoms with van der Waals surface area (Å²) >= 11 is 0. The van der Waals surface area contributed by atoms with E-state index in [-0.39, 0.29) is 11.7 Å². The van der Waals surface area contributed by atoms with Gasteiger partial charge < -0.3 is 5.32 Å². The Morgan fingerprint density at radius 2 is 1.88 bits per heavy atom. The number of piperidine rings is 1. The van der Waals surface area contributed by atoms with Gasteiger partial charge in [-0.3, -0.25) is 14.4 Å². The van der Waals surface area contributed by atoms with Crippen LogP contribution in [-0.2, 0) is 24.8 Å². The highest BCUT2D eigenvalue weighted by Crippen LogP contribution is 2.36. The standard InChI is InChI=1S/C27H31FN4O/c1-3-14-29-26(33)27(12-15-32(16-13-27)20-22-18-30-31(2)19-22)17-21-8-10-23(11-9-21)24-6-4-5-7-25(24)28/h3-11,18-19H,1,12-17,20H2,2H3,(H,29,33). The first-order valence-corrected chi connectivity index (χ1v) is 11.4. The lowest BCUT2D eigenvalue weighted by Gasteiger charge is -2.40. The van der Waals surface area contributed by atoms with Gasteiger partial charge in [-0.25, -0.2) is 4.39 Å². The SMILES string of the molecule is C=CCNC(=O)C1(Cc2ccc(-c3ccccc3F)cc2)CCN(Cc2cnn(C)c2)CC1. The lowest BCUT2D eigenvalue weighted by Crippen LogP contribution is -2.49. The van der Waals surface area contributed by atoms with Crippen LogP contribution < -0.4 is 5.32 Å². The highest BCUT2D eigenvalue weighted by atomic mass is 19.1. The number of benzene rings is 2. The predicted molar refractivity (Wildman–Crippen MR) is 129 cm³/mol. The van der Waals surface area contributed by atoms with Gasteiger partial charge in [0.2, 0.25) is 5.91 Å². The van der Waals surface area contributed by atoms with Gasteiger partial charge in [0.05, 0.1) is 11.6 Å². The van der Waals surface area contributed by atoms with Gasteiger partial charge in [0.15, 0.2) is 0 Å². The van der Waals surface area contributed by atoms with Gasteiger partial charge in [0.25, 0.3) is 0 Å². The molecule has 1 aliphatic heterocycles. The van der Waals surface area contributed by atoms with Gasteiger partial charge in [-0.1, -0.05) is 48.5 Å². The van der Waals surface area contributed by atoms with Crippen molar-refractivity contribution in [3.8, 4) is 11.1 Å². The number of aromatic nitrogens is 2. The Labute approximate surface area is 194 Å². The van der Waals surface area contributed by atoms with E-state index in [1.54, 1.807) is 18.2 Å². The van der Waals surface area contributed by atoms with Gasteiger partial charge in [0, 0.05) is 37.5 Å². The van der Waals surface area contributed by atoms with Crippen LogP contribution in [0.15, 0.2) is 73.6 Å². The van der Waals surface area contributed by atoms with E-state index >= 15 is 0 Å². The molecule has 4 rings (SSSR count). The fourth-order valence-corrected chi connectivity index (χ4v) is 4.68. The van der Waals surface area contributed by atoms with Crippen molar-refractivity contribution in [2.45, 2.75) is 25.8 Å². The van der Waals surface area contributed by atoms with Gasteiger partial charge in [-0.05, 0) is 49.5 Å². The van der Waals surface area contributed by atoms with E-state index in [1.165, 1.54) is 11.6 Å². The molecule has 1 amide bonds. The molecule has 6 heteroatoms. The largest absolute Gasteiger partial charge is 0.352 e. The molecule has 0 unspecified atom stereocenters. The molecule has 5 nitrogen and oxygen atoms in total. The number of likely N-dealkylation sites (tertiary alicyclic amines) is 1. The van der Waals surface area contributed by atoms with E-state index in [4.69, 9.17) is 0 Å². The maximum Gasteiger partial charge on any atom is 0.226 e. The average molecular weight is 447 g/mol. The van der Waals surface area contributed by atoms with Crippen LogP contribution in [0.5, 0.6) is 0 Å². The summed E-state index contributed by atoms with van der Waals surface area (Å²) < 4.78 is 16.0. The number of amides is 1. The van der Waals surface area contributed by atoms with E-state index in [1.807, 2.05) is 54.5 Å². The number of rotatable bonds is 8. The topological polar surface area (TPSA) is 50.2 Å². The van der Waals surface area contributed by atoms with Crippen LogP contribution in [0.1, 0.15) is 24.0 Å². The molecule has 0 saturated carbocycles. The molecule has 0 atom stereocenters. The number of hydrogen-bond donors (Lipinski definition) is 1. The summed E-state index contributed by atoms with van der Waals surface area (Å²) in [5, 5.41) is 7.29. The zero-order chi connectivity index (χ0) is 23.3. The van der Waals surface area contributed by atoms with Crippen LogP contribution in [0.25, 0.3) is 11.1 Å². The highest BCUT2D eigenvalue weighted by molar-refractivity contribution is 5.83. The maximum absolute atomic E-state index is 14.2. The van der Waals surface area contributed by atoms with Crippen LogP contribution in [0.4, 0.5) is 4.39 Å². The first-order valence-electron chi connectivity index (χ1n) is 11.4. The fraction of sp³-hybridized carbons (Fsp3) is 0.333. The molecule has 2 heterocycles. The Morgan fingerprint density at radius 3 is 2.52 bits per heavy atom. The minimum Gasteiger partial charge on any atom is -0.352 e. The molecule has 1 saturated heterocycles. The summed E-state index contributed by atoms with van der Waals surface area (Å²) in [5.74, 6) is -0.145. The predicted octanol–water partition coefficient (Wildman–Crippen LogP) is 4.35. The second-order valence-electron chi connectivity index (χ2n) is 8.93. The molecule has 33 heavy (non-hydrogen) atoms. The Hall–Kier alpha value is -3.25. The molecule has 0 spiro atoms. The van der Waals surface area contributed by atoms with Gasteiger partial charge >= 0.3 is 0 Å². The lowest BCUT2D eigenvalue weighted by molar-refractivity contribution is -0.133. The first-order chi connectivity index (χ1) is 16.0. The molecular formula is C27H31FN4O. The summed E-state index contributed by atoms with van der Waals surface area (Å²) in [6.45, 7) is 6.74. The normalized spacial score (nSPS) is 15.8. The van der Waals surface area contributed by atoms with Crippen LogP contribution in [-0.4, -0.2) is 40.2 Å². The number of nitrogens with one attached hydrogen (secondary N) is 1. The molecule has 0 radical (unpaired) electrons. The van der Waals surface area contributed by atoms with E-state index in [0.717, 1.165) is 43.6 Å². The molecule has 0 bridgehead atoms. The van der Waals surface area contributed by atoms with E-state index in [2.05, 4.69) is 21.9 Å². The van der Waals surface area contributed by atoms with Crippen molar-refractivity contribution in [3.63, 3.8) is 0 Å². The Balaban J connectivity index is 1.48. The van der Waals surface area contributed by atoms with Crippen LogP contribution in [0.3, 0.4) is 0 Å². The molecule has 1 aromatic heterocycles. The number of aryl methyl sites for hydroxylation is 1. The van der Waals surface area contributed by atoms with Crippen molar-refractivity contribution in [1.82, 2.24) is 20.0 Å². The van der Waals surface area contributed by atoms with Crippen LogP contribution >= 0.6 is 0 Å². The maximum atomic E-state index is 14.2. The Kier molecular flexibility index (Phi) is 7.04. The number of hydrogen-bond acceptors (Lipinski definition) is 3. The third-order valence-electron chi connectivity index (χ3n) is 6.55. The smallest absolute Gasteiger partial charge is 0.226 e. The van der Waals surface area contributed by atoms with Crippen molar-refractivity contribution in [1.29, 1.82) is 0 Å². The van der Waals surface area contributed by atoms with Gasteiger partial charge in [0.1, 0.15) is 5.82 Å². The summed E-state index contributed by atoms with van der Waals surface area (Å²) in [4.78, 5) is 15.6. The molecule has 1 N–H and O–H groups in total. The second kappa shape index (κ2) is 10.1. The molecule has 3 aromatic rings. The number of nitrogens with zero attached hydrogens (tertiary/aromatic N) is 3. The van der Waals surface area contributed by atoms with Crippen molar-refractivity contribution in [2.75, 3.05) is 19.6 Å². The van der Waals surface area contributed by atoms with Gasteiger partial charge in [-0.2, -0.15) is 5.10 Å². The Morgan fingerprint density at radius 1 is 1.15 bits per heavy atom. The monoisotopic (exact) mass is 446 g/mol. The minimum atomic E-state index is -0.464. The number of carbonyl (C=O) groups excluding carboxylic acids is 1. The van der Waals surface area contributed by atoms with Crippen LogP contribution in [0, 0.1) is 11.2 Å². The second-order valence-corrected chi connectivity index (χ2v) is 8.93. The molecule has 172 valence electrons. The van der Waals surface area contributed by atoms with Crippen molar-refractivity contribution in [3.05, 3.63) is 90.5 Å². The third kappa shape index (κ3) is 5.40.